The third kappa shape index (κ3) is 4.18. The fourth-order valence-electron chi connectivity index (χ4n) is 1.73. The Kier molecular flexibility index (Phi) is 5.06. The lowest BCUT2D eigenvalue weighted by atomic mass is 10.2. The number of amides is 1. The van der Waals surface area contributed by atoms with Crippen molar-refractivity contribution in [2.75, 3.05) is 19.8 Å². The van der Waals surface area contributed by atoms with Crippen molar-refractivity contribution < 1.29 is 17.9 Å². The van der Waals surface area contributed by atoms with Crippen LogP contribution in [0.1, 0.15) is 28.8 Å². The van der Waals surface area contributed by atoms with E-state index in [1.807, 2.05) is 0 Å². The van der Waals surface area contributed by atoms with E-state index >= 15 is 0 Å². The van der Waals surface area contributed by atoms with Gasteiger partial charge in [-0.25, -0.2) is 8.42 Å². The molecule has 8 heteroatoms. The van der Waals surface area contributed by atoms with Gasteiger partial charge in [0.05, 0.1) is 12.2 Å². The molecule has 0 bridgehead atoms. The summed E-state index contributed by atoms with van der Waals surface area (Å²) in [5.41, 5.74) is 0.734. The van der Waals surface area contributed by atoms with Gasteiger partial charge in [0.2, 0.25) is 0 Å². The van der Waals surface area contributed by atoms with Crippen LogP contribution in [0.15, 0.2) is 9.59 Å². The maximum atomic E-state index is 11.9. The summed E-state index contributed by atoms with van der Waals surface area (Å²) < 4.78 is 28.0. The molecule has 1 aromatic rings. The van der Waals surface area contributed by atoms with Crippen molar-refractivity contribution in [3.05, 3.63) is 16.5 Å². The van der Waals surface area contributed by atoms with Crippen molar-refractivity contribution in [3.63, 3.8) is 0 Å². The van der Waals surface area contributed by atoms with Crippen molar-refractivity contribution in [2.24, 2.45) is 5.92 Å². The minimum atomic E-state index is -3.79. The first-order valence-corrected chi connectivity index (χ1v) is 9.47. The topological polar surface area (TPSA) is 72.5 Å². The Morgan fingerprint density at radius 2 is 2.25 bits per heavy atom. The van der Waals surface area contributed by atoms with Gasteiger partial charge in [0.25, 0.3) is 15.0 Å². The van der Waals surface area contributed by atoms with Gasteiger partial charge in [0, 0.05) is 29.2 Å². The average molecular weight is 338 g/mol. The van der Waals surface area contributed by atoms with E-state index in [-0.39, 0.29) is 10.1 Å². The van der Waals surface area contributed by atoms with Gasteiger partial charge in [-0.3, -0.25) is 4.79 Å². The van der Waals surface area contributed by atoms with Gasteiger partial charge in [-0.1, -0.05) is 0 Å². The Labute approximate surface area is 126 Å². The van der Waals surface area contributed by atoms with E-state index in [2.05, 4.69) is 5.32 Å². The maximum Gasteiger partial charge on any atom is 0.271 e. The van der Waals surface area contributed by atoms with Gasteiger partial charge in [-0.2, -0.15) is 0 Å². The molecule has 0 spiro atoms. The molecule has 112 valence electrons. The van der Waals surface area contributed by atoms with E-state index in [9.17, 15) is 13.2 Å². The van der Waals surface area contributed by atoms with Crippen molar-refractivity contribution in [1.82, 2.24) is 5.32 Å². The summed E-state index contributed by atoms with van der Waals surface area (Å²) in [6, 6.07) is 0. The molecule has 0 atom stereocenters. The summed E-state index contributed by atoms with van der Waals surface area (Å²) in [4.78, 5) is 11.9. The zero-order valence-corrected chi connectivity index (χ0v) is 13.4. The lowest BCUT2D eigenvalue weighted by Gasteiger charge is -2.06. The van der Waals surface area contributed by atoms with Crippen LogP contribution in [0.4, 0.5) is 0 Å². The third-order valence-corrected chi connectivity index (χ3v) is 6.35. The number of carbonyl (C=O) groups is 1. The second kappa shape index (κ2) is 6.43. The van der Waals surface area contributed by atoms with Gasteiger partial charge >= 0.3 is 0 Å². The van der Waals surface area contributed by atoms with Crippen LogP contribution < -0.4 is 5.32 Å². The van der Waals surface area contributed by atoms with Gasteiger partial charge in [0.1, 0.15) is 4.21 Å². The minimum Gasteiger partial charge on any atom is -0.379 e. The first-order valence-electron chi connectivity index (χ1n) is 6.28. The van der Waals surface area contributed by atoms with Gasteiger partial charge in [-0.05, 0) is 31.2 Å². The minimum absolute atomic E-state index is 0.0225. The Hall–Kier alpha value is -0.630. The first-order chi connectivity index (χ1) is 9.39. The van der Waals surface area contributed by atoms with Gasteiger partial charge < -0.3 is 10.1 Å². The van der Waals surface area contributed by atoms with E-state index in [1.165, 1.54) is 18.2 Å². The van der Waals surface area contributed by atoms with Gasteiger partial charge in [-0.15, -0.1) is 11.3 Å². The highest BCUT2D eigenvalue weighted by molar-refractivity contribution is 8.15. The molecule has 1 saturated carbocycles. The number of rotatable bonds is 7. The van der Waals surface area contributed by atoms with Crippen LogP contribution in [0.3, 0.4) is 0 Å². The molecule has 1 aliphatic rings. The summed E-state index contributed by atoms with van der Waals surface area (Å²) in [6.45, 7) is 3.20. The number of carbonyl (C=O) groups excluding carboxylic acids is 1. The van der Waals surface area contributed by atoms with Crippen molar-refractivity contribution in [1.29, 1.82) is 0 Å². The molecule has 1 fully saturated rings. The number of halogens is 1. The van der Waals surface area contributed by atoms with Crippen LogP contribution in [-0.2, 0) is 13.8 Å². The molecular formula is C12H16ClNO4S2. The van der Waals surface area contributed by atoms with E-state index in [4.69, 9.17) is 15.4 Å². The van der Waals surface area contributed by atoms with Crippen LogP contribution >= 0.6 is 22.0 Å². The molecule has 1 aliphatic carbocycles. The second-order valence-corrected chi connectivity index (χ2v) is 8.41. The lowest BCUT2D eigenvalue weighted by molar-refractivity contribution is 0.0906. The lowest BCUT2D eigenvalue weighted by Crippen LogP contribution is -2.27. The highest BCUT2D eigenvalue weighted by atomic mass is 35.7. The molecule has 2 rings (SSSR count). The molecule has 1 aromatic heterocycles. The standard InChI is InChI=1S/C12H16ClNO4S2/c1-8-10(7-19-12(8)20(13,16)17)11(15)14-4-5-18-6-9-2-3-9/h7,9H,2-6H2,1H3,(H,14,15). The zero-order chi connectivity index (χ0) is 14.8. The van der Waals surface area contributed by atoms with Crippen LogP contribution in [0, 0.1) is 12.8 Å². The molecule has 0 radical (unpaired) electrons. The SMILES string of the molecule is Cc1c(C(=O)NCCOCC2CC2)csc1S(=O)(=O)Cl. The van der Waals surface area contributed by atoms with Crippen LogP contribution in [0.25, 0.3) is 0 Å². The predicted octanol–water partition coefficient (Wildman–Crippen LogP) is 2.14. The van der Waals surface area contributed by atoms with Crippen LogP contribution in [0.2, 0.25) is 0 Å². The van der Waals surface area contributed by atoms with Crippen LogP contribution in [0.5, 0.6) is 0 Å². The molecule has 1 heterocycles. The zero-order valence-electron chi connectivity index (χ0n) is 11.0. The van der Waals surface area contributed by atoms with E-state index in [0.717, 1.165) is 17.9 Å². The largest absolute Gasteiger partial charge is 0.379 e. The highest BCUT2D eigenvalue weighted by Gasteiger charge is 2.22. The average Bonchev–Trinajstić information content (AvgIpc) is 3.08. The highest BCUT2D eigenvalue weighted by Crippen LogP contribution is 2.29. The number of nitrogens with one attached hydrogen (secondary N) is 1. The first kappa shape index (κ1) is 15.8. The molecule has 5 nitrogen and oxygen atoms in total. The number of thiophene rings is 1. The number of ether oxygens (including phenoxy) is 1. The normalized spacial score (nSPS) is 15.3. The number of hydrogen-bond donors (Lipinski definition) is 1. The molecule has 0 aliphatic heterocycles. The molecule has 20 heavy (non-hydrogen) atoms. The summed E-state index contributed by atoms with van der Waals surface area (Å²) >= 11 is 0.955. The molecule has 1 amide bonds. The van der Waals surface area contributed by atoms with E-state index in [0.29, 0.717) is 30.2 Å². The Bertz CT molecular complexity index is 593. The second-order valence-electron chi connectivity index (χ2n) is 4.77. The summed E-state index contributed by atoms with van der Waals surface area (Å²) in [5.74, 6) is 0.390. The maximum absolute atomic E-state index is 11.9. The smallest absolute Gasteiger partial charge is 0.271 e. The predicted molar refractivity (Wildman–Crippen MR) is 78.0 cm³/mol. The fraction of sp³-hybridized carbons (Fsp3) is 0.583. The molecule has 1 N–H and O–H groups in total. The number of hydrogen-bond acceptors (Lipinski definition) is 5. The van der Waals surface area contributed by atoms with Crippen molar-refractivity contribution >= 4 is 37.0 Å². The Balaban J connectivity index is 1.84. The van der Waals surface area contributed by atoms with E-state index < -0.39 is 9.05 Å². The quantitative estimate of drug-likeness (QED) is 0.611. The molecule has 0 saturated heterocycles. The van der Waals surface area contributed by atoms with Gasteiger partial charge in [0.15, 0.2) is 0 Å². The van der Waals surface area contributed by atoms with Crippen LogP contribution in [-0.4, -0.2) is 34.1 Å². The van der Waals surface area contributed by atoms with Crippen molar-refractivity contribution in [3.8, 4) is 0 Å². The van der Waals surface area contributed by atoms with E-state index in [1.54, 1.807) is 6.92 Å². The molecule has 0 unspecified atom stereocenters. The fourth-order valence-corrected chi connectivity index (χ4v) is 4.28. The summed E-state index contributed by atoms with van der Waals surface area (Å²) in [6.07, 6.45) is 2.46. The Morgan fingerprint density at radius 3 is 2.80 bits per heavy atom. The van der Waals surface area contributed by atoms with Crippen molar-refractivity contribution in [2.45, 2.75) is 24.0 Å². The molecule has 0 aromatic carbocycles. The summed E-state index contributed by atoms with van der Waals surface area (Å²) in [5, 5.41) is 4.21. The Morgan fingerprint density at radius 1 is 1.55 bits per heavy atom. The summed E-state index contributed by atoms with van der Waals surface area (Å²) in [7, 11) is 1.50. The molecular weight excluding hydrogens is 322 g/mol. The monoisotopic (exact) mass is 337 g/mol. The third-order valence-electron chi connectivity index (χ3n) is 3.04.